The van der Waals surface area contributed by atoms with E-state index in [9.17, 15) is 9.59 Å². The van der Waals surface area contributed by atoms with E-state index >= 15 is 0 Å². The Hall–Kier alpha value is -1.84. The molecule has 0 radical (unpaired) electrons. The summed E-state index contributed by atoms with van der Waals surface area (Å²) in [6.07, 6.45) is 0.793. The molecule has 3 heterocycles. The lowest BCUT2D eigenvalue weighted by Gasteiger charge is -2.08. The molecule has 0 saturated carbocycles. The van der Waals surface area contributed by atoms with Gasteiger partial charge in [0.2, 0.25) is 5.91 Å². The van der Waals surface area contributed by atoms with Gasteiger partial charge >= 0.3 is 0 Å². The van der Waals surface area contributed by atoms with E-state index in [1.54, 1.807) is 18.8 Å². The zero-order chi connectivity index (χ0) is 18.3. The lowest BCUT2D eigenvalue weighted by atomic mass is 10.2. The van der Waals surface area contributed by atoms with E-state index in [0.29, 0.717) is 15.5 Å². The maximum Gasteiger partial charge on any atom is 0.267 e. The van der Waals surface area contributed by atoms with Gasteiger partial charge in [0.1, 0.15) is 0 Å². The number of carbonyl (C=O) groups is 1. The van der Waals surface area contributed by atoms with Crippen molar-refractivity contribution in [1.82, 2.24) is 14.5 Å². The summed E-state index contributed by atoms with van der Waals surface area (Å²) < 4.78 is 2.56. The third-order valence-electron chi connectivity index (χ3n) is 3.95. The van der Waals surface area contributed by atoms with Gasteiger partial charge in [-0.1, -0.05) is 42.2 Å². The van der Waals surface area contributed by atoms with Gasteiger partial charge in [0, 0.05) is 18.7 Å². The average Bonchev–Trinajstić information content (AvgIpc) is 3.19. The van der Waals surface area contributed by atoms with Crippen LogP contribution in [-0.4, -0.2) is 31.4 Å². The average molecular weight is 405 g/mol. The topological polar surface area (TPSA) is 76.9 Å². The van der Waals surface area contributed by atoms with Crippen LogP contribution >= 0.6 is 34.9 Å². The van der Waals surface area contributed by atoms with Gasteiger partial charge in [-0.05, 0) is 12.1 Å². The summed E-state index contributed by atoms with van der Waals surface area (Å²) in [4.78, 5) is 34.4. The number of amides is 1. The molecule has 0 fully saturated rings. The fourth-order valence-corrected chi connectivity index (χ4v) is 5.53. The molecule has 6 nitrogen and oxygen atoms in total. The van der Waals surface area contributed by atoms with Gasteiger partial charge in [0.05, 0.1) is 26.6 Å². The molecule has 1 amide bonds. The highest BCUT2D eigenvalue weighted by molar-refractivity contribution is 8.00. The van der Waals surface area contributed by atoms with Crippen molar-refractivity contribution in [3.05, 3.63) is 40.3 Å². The Balaban J connectivity index is 1.45. The zero-order valence-corrected chi connectivity index (χ0v) is 16.6. The molecule has 0 spiro atoms. The first-order valence-corrected chi connectivity index (χ1v) is 10.7. The first-order chi connectivity index (χ1) is 12.5. The Morgan fingerprint density at radius 1 is 1.38 bits per heavy atom. The number of nitrogens with one attached hydrogen (secondary N) is 1. The maximum absolute atomic E-state index is 12.4. The number of nitrogens with zero attached hydrogens (tertiary/aromatic N) is 3. The Kier molecular flexibility index (Phi) is 4.76. The third-order valence-corrected chi connectivity index (χ3v) is 7.15. The molecular formula is C17H16N4O2S3. The van der Waals surface area contributed by atoms with Gasteiger partial charge in [0.15, 0.2) is 10.3 Å². The fraction of sp³-hybridized carbons (Fsp3) is 0.294. The second-order valence-electron chi connectivity index (χ2n) is 5.99. The number of aromatic nitrogens is 3. The molecule has 3 aromatic rings. The van der Waals surface area contributed by atoms with Crippen molar-refractivity contribution >= 4 is 56.1 Å². The Morgan fingerprint density at radius 3 is 3.00 bits per heavy atom. The highest BCUT2D eigenvalue weighted by Crippen LogP contribution is 2.34. The van der Waals surface area contributed by atoms with Crippen LogP contribution in [0.4, 0.5) is 5.13 Å². The van der Waals surface area contributed by atoms with Gasteiger partial charge in [-0.25, -0.2) is 9.97 Å². The fourth-order valence-electron chi connectivity index (χ4n) is 2.72. The number of thiazole rings is 1. The molecule has 0 aliphatic carbocycles. The van der Waals surface area contributed by atoms with Crippen molar-refractivity contribution in [3.8, 4) is 0 Å². The minimum absolute atomic E-state index is 0.0292. The number of rotatable bonds is 4. The van der Waals surface area contributed by atoms with Gasteiger partial charge < -0.3 is 5.32 Å². The summed E-state index contributed by atoms with van der Waals surface area (Å²) in [7, 11) is 1.70. The molecule has 9 heteroatoms. The second kappa shape index (κ2) is 7.05. The van der Waals surface area contributed by atoms with Crippen LogP contribution in [0, 0.1) is 0 Å². The number of anilines is 1. The smallest absolute Gasteiger partial charge is 0.267 e. The van der Waals surface area contributed by atoms with Crippen LogP contribution in [0.2, 0.25) is 0 Å². The monoisotopic (exact) mass is 404 g/mol. The Bertz CT molecular complexity index is 1030. The molecule has 134 valence electrons. The van der Waals surface area contributed by atoms with E-state index < -0.39 is 0 Å². The van der Waals surface area contributed by atoms with Crippen molar-refractivity contribution in [3.63, 3.8) is 0 Å². The van der Waals surface area contributed by atoms with Crippen molar-refractivity contribution in [1.29, 1.82) is 0 Å². The molecule has 1 aliphatic heterocycles. The molecule has 26 heavy (non-hydrogen) atoms. The normalized spacial score (nSPS) is 16.0. The number of hydrogen-bond acceptors (Lipinski definition) is 7. The standard InChI is InChI=1S/C17H16N4O2S3/c1-9-7-11-14(25-9)15(23)21(2)17(19-11)24-8-13(22)20-16-18-10-5-3-4-6-12(10)26-16/h3-6,9H,7-8H2,1-2H3,(H,18,20,22)/t9-/m0/s1. The van der Waals surface area contributed by atoms with Crippen molar-refractivity contribution in [2.24, 2.45) is 7.05 Å². The molecule has 4 rings (SSSR count). The van der Waals surface area contributed by atoms with Crippen LogP contribution < -0.4 is 10.9 Å². The molecule has 0 unspecified atom stereocenters. The van der Waals surface area contributed by atoms with Crippen LogP contribution in [0.15, 0.2) is 39.1 Å². The summed E-state index contributed by atoms with van der Waals surface area (Å²) >= 11 is 4.29. The first kappa shape index (κ1) is 17.6. The Labute approximate surface area is 162 Å². The number of thioether (sulfide) groups is 2. The number of carbonyl (C=O) groups excluding carboxylic acids is 1. The molecule has 1 aliphatic rings. The molecule has 2 aromatic heterocycles. The van der Waals surface area contributed by atoms with Crippen molar-refractivity contribution in [2.75, 3.05) is 11.1 Å². The van der Waals surface area contributed by atoms with Gasteiger partial charge in [-0.2, -0.15) is 0 Å². The number of fused-ring (bicyclic) bond motifs is 2. The molecule has 0 bridgehead atoms. The first-order valence-electron chi connectivity index (χ1n) is 8.06. The number of hydrogen-bond donors (Lipinski definition) is 1. The lowest BCUT2D eigenvalue weighted by Crippen LogP contribution is -2.23. The largest absolute Gasteiger partial charge is 0.301 e. The predicted molar refractivity (Wildman–Crippen MR) is 107 cm³/mol. The van der Waals surface area contributed by atoms with Crippen LogP contribution in [0.3, 0.4) is 0 Å². The molecular weight excluding hydrogens is 388 g/mol. The highest BCUT2D eigenvalue weighted by atomic mass is 32.2. The van der Waals surface area contributed by atoms with E-state index in [-0.39, 0.29) is 17.2 Å². The van der Waals surface area contributed by atoms with Crippen LogP contribution in [0.25, 0.3) is 10.2 Å². The minimum atomic E-state index is -0.161. The number of para-hydroxylation sites is 1. The quantitative estimate of drug-likeness (QED) is 0.532. The van der Waals surface area contributed by atoms with Gasteiger partial charge in [-0.15, -0.1) is 11.8 Å². The lowest BCUT2D eigenvalue weighted by molar-refractivity contribution is -0.113. The summed E-state index contributed by atoms with van der Waals surface area (Å²) in [5, 5.41) is 4.35. The second-order valence-corrected chi connectivity index (χ2v) is 9.41. The van der Waals surface area contributed by atoms with Crippen LogP contribution in [-0.2, 0) is 18.3 Å². The van der Waals surface area contributed by atoms with Crippen LogP contribution in [0.5, 0.6) is 0 Å². The molecule has 1 N–H and O–H groups in total. The maximum atomic E-state index is 12.4. The minimum Gasteiger partial charge on any atom is -0.301 e. The Morgan fingerprint density at radius 2 is 2.19 bits per heavy atom. The summed E-state index contributed by atoms with van der Waals surface area (Å²) in [5.74, 6) is 0.0177. The molecule has 1 atom stereocenters. The SMILES string of the molecule is C[C@H]1Cc2nc(SCC(=O)Nc3nc4ccccc4s3)n(C)c(=O)c2S1. The van der Waals surface area contributed by atoms with E-state index in [4.69, 9.17) is 0 Å². The number of benzene rings is 1. The summed E-state index contributed by atoms with van der Waals surface area (Å²) in [6, 6.07) is 7.75. The summed E-state index contributed by atoms with van der Waals surface area (Å²) in [5.41, 5.74) is 1.69. The van der Waals surface area contributed by atoms with Crippen LogP contribution in [0.1, 0.15) is 12.6 Å². The molecule has 0 saturated heterocycles. The van der Waals surface area contributed by atoms with E-state index in [1.165, 1.54) is 27.7 Å². The van der Waals surface area contributed by atoms with Crippen molar-refractivity contribution in [2.45, 2.75) is 28.6 Å². The van der Waals surface area contributed by atoms with Gasteiger partial charge in [0.25, 0.3) is 5.56 Å². The van der Waals surface area contributed by atoms with E-state index in [0.717, 1.165) is 27.2 Å². The summed E-state index contributed by atoms with van der Waals surface area (Å²) in [6.45, 7) is 2.09. The molecule has 1 aromatic carbocycles. The zero-order valence-electron chi connectivity index (χ0n) is 14.2. The van der Waals surface area contributed by atoms with E-state index in [2.05, 4.69) is 22.2 Å². The van der Waals surface area contributed by atoms with Gasteiger partial charge in [-0.3, -0.25) is 14.2 Å². The van der Waals surface area contributed by atoms with E-state index in [1.807, 2.05) is 24.3 Å². The third kappa shape index (κ3) is 3.38. The predicted octanol–water partition coefficient (Wildman–Crippen LogP) is 3.16. The van der Waals surface area contributed by atoms with Crippen molar-refractivity contribution < 1.29 is 4.79 Å². The highest BCUT2D eigenvalue weighted by Gasteiger charge is 2.25.